The highest BCUT2D eigenvalue weighted by Crippen LogP contribution is 2.32. The Morgan fingerprint density at radius 1 is 1.32 bits per heavy atom. The van der Waals surface area contributed by atoms with Crippen LogP contribution in [0.2, 0.25) is 10.0 Å². The van der Waals surface area contributed by atoms with Crippen molar-refractivity contribution in [3.63, 3.8) is 0 Å². The Balaban J connectivity index is 2.80. The number of anilines is 1. The van der Waals surface area contributed by atoms with Crippen LogP contribution in [0.3, 0.4) is 0 Å². The zero-order chi connectivity index (χ0) is 14.8. The lowest BCUT2D eigenvalue weighted by molar-refractivity contribution is -0.128. The van der Waals surface area contributed by atoms with Crippen molar-refractivity contribution >= 4 is 34.8 Å². The van der Waals surface area contributed by atoms with Crippen molar-refractivity contribution in [2.75, 3.05) is 5.73 Å². The number of nitrogen functional groups attached to an aromatic ring is 1. The van der Waals surface area contributed by atoms with Crippen LogP contribution in [0.15, 0.2) is 12.1 Å². The first-order valence-corrected chi connectivity index (χ1v) is 6.59. The van der Waals surface area contributed by atoms with Gasteiger partial charge in [0.1, 0.15) is 5.75 Å². The van der Waals surface area contributed by atoms with E-state index in [0.29, 0.717) is 21.5 Å². The van der Waals surface area contributed by atoms with Gasteiger partial charge in [0.15, 0.2) is 6.10 Å². The summed E-state index contributed by atoms with van der Waals surface area (Å²) in [5.41, 5.74) is 5.78. The van der Waals surface area contributed by atoms with Crippen LogP contribution in [0.5, 0.6) is 5.75 Å². The quantitative estimate of drug-likeness (QED) is 0.843. The maximum atomic E-state index is 11.9. The fourth-order valence-corrected chi connectivity index (χ4v) is 1.69. The molecule has 4 nitrogen and oxygen atoms in total. The lowest BCUT2D eigenvalue weighted by Crippen LogP contribution is -2.46. The highest BCUT2D eigenvalue weighted by atomic mass is 35.5. The zero-order valence-electron chi connectivity index (χ0n) is 11.4. The van der Waals surface area contributed by atoms with Crippen molar-refractivity contribution in [2.24, 2.45) is 0 Å². The summed E-state index contributed by atoms with van der Waals surface area (Å²) >= 11 is 11.7. The van der Waals surface area contributed by atoms with Crippen LogP contribution < -0.4 is 15.8 Å². The van der Waals surface area contributed by atoms with Gasteiger partial charge in [-0.1, -0.05) is 23.2 Å². The highest BCUT2D eigenvalue weighted by Gasteiger charge is 2.21. The van der Waals surface area contributed by atoms with Gasteiger partial charge in [-0.3, -0.25) is 4.79 Å². The SMILES string of the molecule is CC(Oc1cc(Cl)c(Cl)cc1N)C(=O)NC(C)(C)C. The average molecular weight is 305 g/mol. The van der Waals surface area contributed by atoms with Crippen LogP contribution in [0.1, 0.15) is 27.7 Å². The highest BCUT2D eigenvalue weighted by molar-refractivity contribution is 6.42. The van der Waals surface area contributed by atoms with Gasteiger partial charge in [0.2, 0.25) is 0 Å². The van der Waals surface area contributed by atoms with Crippen molar-refractivity contribution in [3.05, 3.63) is 22.2 Å². The second kappa shape index (κ2) is 5.88. The molecule has 19 heavy (non-hydrogen) atoms. The number of amides is 1. The van der Waals surface area contributed by atoms with Crippen molar-refractivity contribution in [3.8, 4) is 5.75 Å². The summed E-state index contributed by atoms with van der Waals surface area (Å²) in [5, 5.41) is 3.49. The van der Waals surface area contributed by atoms with Crippen molar-refractivity contribution in [1.29, 1.82) is 0 Å². The molecule has 0 fully saturated rings. The van der Waals surface area contributed by atoms with E-state index < -0.39 is 6.10 Å². The number of nitrogens with two attached hydrogens (primary N) is 1. The monoisotopic (exact) mass is 304 g/mol. The number of nitrogens with one attached hydrogen (secondary N) is 1. The van der Waals surface area contributed by atoms with E-state index >= 15 is 0 Å². The lowest BCUT2D eigenvalue weighted by atomic mass is 10.1. The molecule has 1 atom stereocenters. The topological polar surface area (TPSA) is 64.3 Å². The van der Waals surface area contributed by atoms with Gasteiger partial charge in [-0.05, 0) is 33.8 Å². The molecule has 3 N–H and O–H groups in total. The van der Waals surface area contributed by atoms with Crippen LogP contribution >= 0.6 is 23.2 Å². The minimum atomic E-state index is -0.682. The van der Waals surface area contributed by atoms with Gasteiger partial charge < -0.3 is 15.8 Å². The molecule has 1 rings (SSSR count). The maximum absolute atomic E-state index is 11.9. The Kier molecular flexibility index (Phi) is 4.93. The molecule has 1 unspecified atom stereocenters. The molecule has 0 bridgehead atoms. The van der Waals surface area contributed by atoms with Crippen molar-refractivity contribution in [2.45, 2.75) is 39.3 Å². The number of ether oxygens (including phenoxy) is 1. The third-order valence-electron chi connectivity index (χ3n) is 2.22. The Labute approximate surface area is 123 Å². The minimum Gasteiger partial charge on any atom is -0.479 e. The van der Waals surface area contributed by atoms with Gasteiger partial charge in [-0.2, -0.15) is 0 Å². The molecule has 0 saturated heterocycles. The fourth-order valence-electron chi connectivity index (χ4n) is 1.36. The molecule has 0 aliphatic rings. The molecule has 1 aromatic rings. The van der Waals surface area contributed by atoms with Crippen LogP contribution in [0.4, 0.5) is 5.69 Å². The number of rotatable bonds is 3. The van der Waals surface area contributed by atoms with Gasteiger partial charge in [0, 0.05) is 11.6 Å². The molecule has 106 valence electrons. The summed E-state index contributed by atoms with van der Waals surface area (Å²) < 4.78 is 5.51. The summed E-state index contributed by atoms with van der Waals surface area (Å²) in [6.07, 6.45) is -0.682. The first-order valence-electron chi connectivity index (χ1n) is 5.83. The second-order valence-electron chi connectivity index (χ2n) is 5.30. The number of benzene rings is 1. The minimum absolute atomic E-state index is 0.224. The van der Waals surface area contributed by atoms with E-state index in [4.69, 9.17) is 33.7 Å². The number of carbonyl (C=O) groups excluding carboxylic acids is 1. The molecule has 0 heterocycles. The van der Waals surface area contributed by atoms with Crippen molar-refractivity contribution < 1.29 is 9.53 Å². The molecule has 0 spiro atoms. The normalized spacial score (nSPS) is 12.9. The van der Waals surface area contributed by atoms with Crippen LogP contribution in [0, 0.1) is 0 Å². The third-order valence-corrected chi connectivity index (χ3v) is 2.95. The first kappa shape index (κ1) is 15.9. The van der Waals surface area contributed by atoms with Crippen LogP contribution in [-0.4, -0.2) is 17.6 Å². The molecule has 0 saturated carbocycles. The van der Waals surface area contributed by atoms with E-state index in [2.05, 4.69) is 5.32 Å². The third kappa shape index (κ3) is 4.80. The fraction of sp³-hybridized carbons (Fsp3) is 0.462. The number of hydrogen-bond donors (Lipinski definition) is 2. The molecule has 0 aromatic heterocycles. The number of carbonyl (C=O) groups is 1. The standard InChI is InChI=1S/C13H18Cl2N2O2/c1-7(12(18)17-13(2,3)4)19-11-6-9(15)8(14)5-10(11)16/h5-7H,16H2,1-4H3,(H,17,18). The average Bonchev–Trinajstić information content (AvgIpc) is 2.23. The molecule has 1 amide bonds. The molecule has 1 aromatic carbocycles. The van der Waals surface area contributed by atoms with E-state index in [-0.39, 0.29) is 11.4 Å². The first-order chi connectivity index (χ1) is 8.60. The molecule has 0 aliphatic carbocycles. The van der Waals surface area contributed by atoms with E-state index in [1.807, 2.05) is 20.8 Å². The Bertz CT molecular complexity index is 484. The van der Waals surface area contributed by atoms with Gasteiger partial charge in [-0.15, -0.1) is 0 Å². The van der Waals surface area contributed by atoms with Gasteiger partial charge in [-0.25, -0.2) is 0 Å². The predicted octanol–water partition coefficient (Wildman–Crippen LogP) is 3.26. The Hall–Kier alpha value is -1.13. The molecule has 0 radical (unpaired) electrons. The zero-order valence-corrected chi connectivity index (χ0v) is 12.9. The summed E-state index contributed by atoms with van der Waals surface area (Å²) in [6.45, 7) is 7.32. The molecular formula is C13H18Cl2N2O2. The van der Waals surface area contributed by atoms with Gasteiger partial charge in [0.05, 0.1) is 15.7 Å². The Morgan fingerprint density at radius 2 is 1.84 bits per heavy atom. The van der Waals surface area contributed by atoms with Crippen LogP contribution in [-0.2, 0) is 4.79 Å². The Morgan fingerprint density at radius 3 is 2.37 bits per heavy atom. The van der Waals surface area contributed by atoms with Gasteiger partial charge >= 0.3 is 0 Å². The summed E-state index contributed by atoms with van der Waals surface area (Å²) in [4.78, 5) is 11.9. The van der Waals surface area contributed by atoms with E-state index in [0.717, 1.165) is 0 Å². The molecular weight excluding hydrogens is 287 g/mol. The second-order valence-corrected chi connectivity index (χ2v) is 6.12. The molecule has 6 heteroatoms. The van der Waals surface area contributed by atoms with Crippen molar-refractivity contribution in [1.82, 2.24) is 5.32 Å². The van der Waals surface area contributed by atoms with E-state index in [9.17, 15) is 4.79 Å². The summed E-state index contributed by atoms with van der Waals surface area (Å²) in [5.74, 6) is 0.115. The van der Waals surface area contributed by atoms with E-state index in [1.165, 1.54) is 12.1 Å². The lowest BCUT2D eigenvalue weighted by Gasteiger charge is -2.24. The van der Waals surface area contributed by atoms with Gasteiger partial charge in [0.25, 0.3) is 5.91 Å². The largest absolute Gasteiger partial charge is 0.479 e. The predicted molar refractivity (Wildman–Crippen MR) is 78.9 cm³/mol. The van der Waals surface area contributed by atoms with E-state index in [1.54, 1.807) is 6.92 Å². The maximum Gasteiger partial charge on any atom is 0.261 e. The number of hydrogen-bond acceptors (Lipinski definition) is 3. The summed E-state index contributed by atoms with van der Waals surface area (Å²) in [6, 6.07) is 2.99. The number of halogens is 2. The smallest absolute Gasteiger partial charge is 0.261 e. The summed E-state index contributed by atoms with van der Waals surface area (Å²) in [7, 11) is 0. The van der Waals surface area contributed by atoms with Crippen LogP contribution in [0.25, 0.3) is 0 Å². The molecule has 0 aliphatic heterocycles.